The minimum Gasteiger partial charge on any atom is -0.493 e. The zero-order valence-corrected chi connectivity index (χ0v) is 19.6. The number of ether oxygens (including phenoxy) is 4. The molecule has 0 saturated carbocycles. The topological polar surface area (TPSA) is 93.1 Å². The zero-order chi connectivity index (χ0) is 23.9. The van der Waals surface area contributed by atoms with E-state index in [1.54, 1.807) is 25.3 Å². The Kier molecular flexibility index (Phi) is 5.67. The molecular formula is C24H23NO7S. The van der Waals surface area contributed by atoms with E-state index < -0.39 is 9.84 Å². The summed E-state index contributed by atoms with van der Waals surface area (Å²) in [6.07, 6.45) is 1.12. The lowest BCUT2D eigenvalue weighted by Gasteiger charge is -2.13. The van der Waals surface area contributed by atoms with Crippen molar-refractivity contribution >= 4 is 37.6 Å². The van der Waals surface area contributed by atoms with Crippen LogP contribution in [0.5, 0.6) is 23.0 Å². The fourth-order valence-electron chi connectivity index (χ4n) is 3.92. The van der Waals surface area contributed by atoms with Crippen molar-refractivity contribution in [2.45, 2.75) is 4.90 Å². The molecule has 1 aromatic heterocycles. The Morgan fingerprint density at radius 2 is 1.36 bits per heavy atom. The van der Waals surface area contributed by atoms with Crippen LogP contribution in [0, 0.1) is 0 Å². The third kappa shape index (κ3) is 3.64. The molecule has 0 saturated heterocycles. The molecule has 0 aliphatic rings. The van der Waals surface area contributed by atoms with Gasteiger partial charge in [0.2, 0.25) is 0 Å². The summed E-state index contributed by atoms with van der Waals surface area (Å²) in [5.74, 6) is 1.47. The smallest absolute Gasteiger partial charge is 0.263 e. The molecule has 4 aromatic rings. The van der Waals surface area contributed by atoms with Crippen molar-refractivity contribution in [2.24, 2.45) is 0 Å². The van der Waals surface area contributed by atoms with Crippen molar-refractivity contribution in [3.05, 3.63) is 54.1 Å². The first-order valence-corrected chi connectivity index (χ1v) is 11.8. The Hall–Kier alpha value is -3.72. The molecule has 0 unspecified atom stereocenters. The van der Waals surface area contributed by atoms with Crippen LogP contribution in [-0.4, -0.2) is 53.6 Å². The van der Waals surface area contributed by atoms with Gasteiger partial charge in [-0.1, -0.05) is 0 Å². The number of methoxy groups -OCH3 is 4. The van der Waals surface area contributed by atoms with Gasteiger partial charge in [-0.15, -0.1) is 0 Å². The SMILES string of the molecule is COc1cc2c3ccc(OC)c(OC)c3n(C(=O)c3ccc(S(C)(=O)=O)cc3)c2cc1OC. The van der Waals surface area contributed by atoms with Gasteiger partial charge in [0, 0.05) is 28.7 Å². The molecule has 0 aliphatic carbocycles. The highest BCUT2D eigenvalue weighted by Crippen LogP contribution is 2.44. The number of fused-ring (bicyclic) bond motifs is 3. The third-order valence-electron chi connectivity index (χ3n) is 5.51. The molecule has 0 N–H and O–H groups in total. The number of carbonyl (C=O) groups excluding carboxylic acids is 1. The van der Waals surface area contributed by atoms with E-state index in [0.717, 1.165) is 17.0 Å². The van der Waals surface area contributed by atoms with Gasteiger partial charge in [0.15, 0.2) is 32.8 Å². The van der Waals surface area contributed by atoms with Crippen LogP contribution in [0.4, 0.5) is 0 Å². The lowest BCUT2D eigenvalue weighted by atomic mass is 10.1. The van der Waals surface area contributed by atoms with Gasteiger partial charge in [-0.05, 0) is 42.5 Å². The third-order valence-corrected chi connectivity index (χ3v) is 6.64. The number of aromatic nitrogens is 1. The quantitative estimate of drug-likeness (QED) is 0.423. The van der Waals surface area contributed by atoms with E-state index in [4.69, 9.17) is 18.9 Å². The van der Waals surface area contributed by atoms with Gasteiger partial charge in [-0.2, -0.15) is 0 Å². The van der Waals surface area contributed by atoms with E-state index >= 15 is 0 Å². The largest absolute Gasteiger partial charge is 0.493 e. The molecule has 172 valence electrons. The van der Waals surface area contributed by atoms with E-state index in [-0.39, 0.29) is 10.8 Å². The summed E-state index contributed by atoms with van der Waals surface area (Å²) in [4.78, 5) is 13.9. The standard InChI is InChI=1S/C24H23NO7S/c1-29-19-11-10-16-17-12-20(30-2)21(31-3)13-18(17)25(22(16)23(19)32-4)24(26)14-6-8-15(9-7-14)33(5,27)28/h6-13H,1-5H3. The predicted octanol–water partition coefficient (Wildman–Crippen LogP) is 3.92. The second-order valence-corrected chi connectivity index (χ2v) is 9.37. The zero-order valence-electron chi connectivity index (χ0n) is 18.8. The first-order chi connectivity index (χ1) is 15.7. The average Bonchev–Trinajstić information content (AvgIpc) is 3.14. The summed E-state index contributed by atoms with van der Waals surface area (Å²) in [5, 5.41) is 1.51. The van der Waals surface area contributed by atoms with Crippen molar-refractivity contribution in [2.75, 3.05) is 34.7 Å². The highest BCUT2D eigenvalue weighted by Gasteiger charge is 2.25. The van der Waals surface area contributed by atoms with Gasteiger partial charge in [-0.3, -0.25) is 9.36 Å². The average molecular weight is 470 g/mol. The van der Waals surface area contributed by atoms with Crippen LogP contribution in [-0.2, 0) is 9.84 Å². The maximum Gasteiger partial charge on any atom is 0.263 e. The van der Waals surface area contributed by atoms with Gasteiger partial charge in [0.25, 0.3) is 5.91 Å². The molecule has 1 heterocycles. The Morgan fingerprint density at radius 1 is 0.758 bits per heavy atom. The fourth-order valence-corrected chi connectivity index (χ4v) is 4.55. The summed E-state index contributed by atoms with van der Waals surface area (Å²) in [5.41, 5.74) is 1.39. The second-order valence-electron chi connectivity index (χ2n) is 7.36. The summed E-state index contributed by atoms with van der Waals surface area (Å²) in [6, 6.07) is 13.0. The Bertz CT molecular complexity index is 1490. The molecule has 9 heteroatoms. The fraction of sp³-hybridized carbons (Fsp3) is 0.208. The number of carbonyl (C=O) groups is 1. The summed E-state index contributed by atoms with van der Waals surface area (Å²) >= 11 is 0. The van der Waals surface area contributed by atoms with E-state index in [1.165, 1.54) is 50.2 Å². The number of benzene rings is 3. The molecule has 0 fully saturated rings. The maximum atomic E-state index is 13.8. The Labute approximate surface area is 191 Å². The number of nitrogens with zero attached hydrogens (tertiary/aromatic N) is 1. The van der Waals surface area contributed by atoms with Crippen LogP contribution in [0.15, 0.2) is 53.4 Å². The molecule has 0 atom stereocenters. The lowest BCUT2D eigenvalue weighted by Crippen LogP contribution is -2.13. The van der Waals surface area contributed by atoms with Gasteiger partial charge in [-0.25, -0.2) is 8.42 Å². The van der Waals surface area contributed by atoms with Crippen molar-refractivity contribution < 1.29 is 32.2 Å². The minimum absolute atomic E-state index is 0.131. The summed E-state index contributed by atoms with van der Waals surface area (Å²) in [7, 11) is 2.70. The van der Waals surface area contributed by atoms with Crippen LogP contribution < -0.4 is 18.9 Å². The normalized spacial score (nSPS) is 11.5. The molecule has 0 spiro atoms. The van der Waals surface area contributed by atoms with Gasteiger partial charge in [0.05, 0.1) is 38.9 Å². The molecule has 0 bridgehead atoms. The molecule has 0 amide bonds. The number of hydrogen-bond acceptors (Lipinski definition) is 7. The van der Waals surface area contributed by atoms with Gasteiger partial charge < -0.3 is 18.9 Å². The first-order valence-electron chi connectivity index (χ1n) is 9.91. The number of sulfone groups is 1. The Morgan fingerprint density at radius 3 is 1.91 bits per heavy atom. The lowest BCUT2D eigenvalue weighted by molar-refractivity contribution is 0.0969. The molecule has 4 rings (SSSR count). The molecule has 3 aromatic carbocycles. The van der Waals surface area contributed by atoms with E-state index in [0.29, 0.717) is 39.6 Å². The predicted molar refractivity (Wildman–Crippen MR) is 125 cm³/mol. The van der Waals surface area contributed by atoms with E-state index in [1.807, 2.05) is 6.07 Å². The monoisotopic (exact) mass is 469 g/mol. The molecule has 0 aliphatic heterocycles. The van der Waals surface area contributed by atoms with E-state index in [9.17, 15) is 13.2 Å². The van der Waals surface area contributed by atoms with Crippen LogP contribution in [0.25, 0.3) is 21.8 Å². The highest BCUT2D eigenvalue weighted by molar-refractivity contribution is 7.90. The summed E-state index contributed by atoms with van der Waals surface area (Å²) < 4.78 is 47.2. The van der Waals surface area contributed by atoms with Crippen molar-refractivity contribution in [3.63, 3.8) is 0 Å². The number of hydrogen-bond donors (Lipinski definition) is 0. The van der Waals surface area contributed by atoms with Crippen LogP contribution in [0.3, 0.4) is 0 Å². The summed E-state index contributed by atoms with van der Waals surface area (Å²) in [6.45, 7) is 0. The van der Waals surface area contributed by atoms with Crippen LogP contribution >= 0.6 is 0 Å². The van der Waals surface area contributed by atoms with Crippen LogP contribution in [0.1, 0.15) is 10.4 Å². The molecule has 33 heavy (non-hydrogen) atoms. The van der Waals surface area contributed by atoms with Crippen molar-refractivity contribution in [1.29, 1.82) is 0 Å². The van der Waals surface area contributed by atoms with Crippen molar-refractivity contribution in [3.8, 4) is 23.0 Å². The maximum absolute atomic E-state index is 13.8. The highest BCUT2D eigenvalue weighted by atomic mass is 32.2. The van der Waals surface area contributed by atoms with Gasteiger partial charge >= 0.3 is 0 Å². The van der Waals surface area contributed by atoms with Gasteiger partial charge in [0.1, 0.15) is 5.52 Å². The molecular weight excluding hydrogens is 446 g/mol. The first kappa shape index (κ1) is 22.5. The minimum atomic E-state index is -3.39. The Balaban J connectivity index is 2.08. The van der Waals surface area contributed by atoms with Crippen LogP contribution in [0.2, 0.25) is 0 Å². The molecule has 0 radical (unpaired) electrons. The second kappa shape index (κ2) is 8.32. The van der Waals surface area contributed by atoms with E-state index in [2.05, 4.69) is 0 Å². The number of rotatable bonds is 6. The van der Waals surface area contributed by atoms with Crippen molar-refractivity contribution in [1.82, 2.24) is 4.57 Å². The molecule has 8 nitrogen and oxygen atoms in total.